The summed E-state index contributed by atoms with van der Waals surface area (Å²) in [5, 5.41) is 8.88. The molecular formula is C16H16BrNO5S2. The Morgan fingerprint density at radius 1 is 1.36 bits per heavy atom. The summed E-state index contributed by atoms with van der Waals surface area (Å²) in [4.78, 5) is 24.6. The predicted octanol–water partition coefficient (Wildman–Crippen LogP) is 3.53. The van der Waals surface area contributed by atoms with E-state index in [1.54, 1.807) is 18.2 Å². The van der Waals surface area contributed by atoms with Gasteiger partial charge in [-0.15, -0.1) is 0 Å². The Bertz CT molecular complexity index is 750. The van der Waals surface area contributed by atoms with E-state index >= 15 is 0 Å². The van der Waals surface area contributed by atoms with E-state index in [0.29, 0.717) is 34.1 Å². The highest BCUT2D eigenvalue weighted by atomic mass is 79.9. The number of rotatable bonds is 7. The number of carbonyl (C=O) groups is 2. The Morgan fingerprint density at radius 3 is 2.64 bits per heavy atom. The van der Waals surface area contributed by atoms with Crippen LogP contribution in [0.2, 0.25) is 0 Å². The molecule has 134 valence electrons. The Morgan fingerprint density at radius 2 is 2.04 bits per heavy atom. The van der Waals surface area contributed by atoms with E-state index in [1.165, 1.54) is 0 Å². The average molecular weight is 446 g/mol. The van der Waals surface area contributed by atoms with Crippen LogP contribution in [0.3, 0.4) is 0 Å². The molecule has 1 aromatic rings. The van der Waals surface area contributed by atoms with Gasteiger partial charge in [0.25, 0.3) is 5.91 Å². The minimum Gasteiger partial charge on any atom is -0.490 e. The smallest absolute Gasteiger partial charge is 0.323 e. The van der Waals surface area contributed by atoms with Crippen LogP contribution in [-0.4, -0.2) is 46.0 Å². The second-order valence-electron chi connectivity index (χ2n) is 4.86. The molecule has 1 aromatic carbocycles. The van der Waals surface area contributed by atoms with Gasteiger partial charge in [-0.05, 0) is 53.5 Å². The van der Waals surface area contributed by atoms with E-state index in [2.05, 4.69) is 15.9 Å². The lowest BCUT2D eigenvalue weighted by molar-refractivity contribution is -0.140. The molecule has 25 heavy (non-hydrogen) atoms. The third-order valence-electron chi connectivity index (χ3n) is 3.09. The van der Waals surface area contributed by atoms with Crippen molar-refractivity contribution in [1.82, 2.24) is 4.90 Å². The Balaban J connectivity index is 2.36. The van der Waals surface area contributed by atoms with Gasteiger partial charge in [0.15, 0.2) is 11.5 Å². The van der Waals surface area contributed by atoms with Crippen molar-refractivity contribution in [3.63, 3.8) is 0 Å². The topological polar surface area (TPSA) is 76.1 Å². The van der Waals surface area contributed by atoms with Crippen LogP contribution in [0.5, 0.6) is 11.5 Å². The molecule has 0 spiro atoms. The van der Waals surface area contributed by atoms with E-state index in [1.807, 2.05) is 13.8 Å². The van der Waals surface area contributed by atoms with E-state index in [4.69, 9.17) is 26.8 Å². The average Bonchev–Trinajstić information content (AvgIpc) is 2.78. The number of carbonyl (C=O) groups excluding carboxylic acids is 1. The number of benzene rings is 1. The van der Waals surface area contributed by atoms with E-state index in [9.17, 15) is 9.59 Å². The first-order valence-electron chi connectivity index (χ1n) is 7.43. The largest absolute Gasteiger partial charge is 0.490 e. The van der Waals surface area contributed by atoms with Crippen molar-refractivity contribution in [2.24, 2.45) is 0 Å². The zero-order chi connectivity index (χ0) is 18.6. The standard InChI is InChI=1S/C16H16BrNO5S2/c1-3-22-11-6-9(5-10(17)14(11)23-4-2)7-12-15(21)18(8-13(19)20)16(24)25-12/h5-7H,3-4,8H2,1-2H3,(H,19,20). The molecule has 1 N–H and O–H groups in total. The van der Waals surface area contributed by atoms with Crippen molar-refractivity contribution in [2.75, 3.05) is 19.8 Å². The molecule has 6 nitrogen and oxygen atoms in total. The minimum absolute atomic E-state index is 0.230. The normalized spacial score (nSPS) is 15.8. The van der Waals surface area contributed by atoms with Crippen LogP contribution in [0.1, 0.15) is 19.4 Å². The molecule has 1 fully saturated rings. The second kappa shape index (κ2) is 8.68. The van der Waals surface area contributed by atoms with Crippen LogP contribution < -0.4 is 9.47 Å². The number of hydrogen-bond acceptors (Lipinski definition) is 6. The van der Waals surface area contributed by atoms with E-state index in [0.717, 1.165) is 22.2 Å². The fourth-order valence-corrected chi connectivity index (χ4v) is 3.97. The van der Waals surface area contributed by atoms with Crippen LogP contribution in [0.25, 0.3) is 6.08 Å². The van der Waals surface area contributed by atoms with Crippen LogP contribution in [0, 0.1) is 0 Å². The number of hydrogen-bond donors (Lipinski definition) is 1. The molecule has 0 unspecified atom stereocenters. The molecular weight excluding hydrogens is 430 g/mol. The maximum absolute atomic E-state index is 12.3. The quantitative estimate of drug-likeness (QED) is 0.507. The first-order chi connectivity index (χ1) is 11.9. The second-order valence-corrected chi connectivity index (χ2v) is 7.39. The number of ether oxygens (including phenoxy) is 2. The summed E-state index contributed by atoms with van der Waals surface area (Å²) in [5.74, 6) is -0.369. The SMILES string of the molecule is CCOc1cc(C=C2SC(=S)N(CC(=O)O)C2=O)cc(Br)c1OCC. The van der Waals surface area contributed by atoms with Gasteiger partial charge in [-0.3, -0.25) is 14.5 Å². The van der Waals surface area contributed by atoms with Crippen molar-refractivity contribution in [3.8, 4) is 11.5 Å². The lowest BCUT2D eigenvalue weighted by Gasteiger charge is -2.13. The Kier molecular flexibility index (Phi) is 6.86. The molecule has 0 aliphatic carbocycles. The molecule has 1 aliphatic heterocycles. The van der Waals surface area contributed by atoms with Crippen molar-refractivity contribution in [3.05, 3.63) is 27.1 Å². The van der Waals surface area contributed by atoms with Gasteiger partial charge in [-0.2, -0.15) is 0 Å². The highest BCUT2D eigenvalue weighted by Gasteiger charge is 2.33. The first-order valence-corrected chi connectivity index (χ1v) is 9.45. The van der Waals surface area contributed by atoms with Gasteiger partial charge in [-0.25, -0.2) is 0 Å². The molecule has 1 amide bonds. The summed E-state index contributed by atoms with van der Waals surface area (Å²) in [6, 6.07) is 3.57. The number of carboxylic acid groups (broad SMARTS) is 1. The van der Waals surface area contributed by atoms with E-state index < -0.39 is 18.4 Å². The molecule has 1 saturated heterocycles. The Hall–Kier alpha value is -1.58. The number of thiocarbonyl (C=S) groups is 1. The van der Waals surface area contributed by atoms with Gasteiger partial charge < -0.3 is 14.6 Å². The summed E-state index contributed by atoms with van der Waals surface area (Å²) in [6.45, 7) is 4.26. The number of amides is 1. The maximum atomic E-state index is 12.3. The molecule has 2 rings (SSSR count). The van der Waals surface area contributed by atoms with Crippen molar-refractivity contribution in [1.29, 1.82) is 0 Å². The van der Waals surface area contributed by atoms with Gasteiger partial charge in [-0.1, -0.05) is 24.0 Å². The zero-order valence-electron chi connectivity index (χ0n) is 13.6. The number of aliphatic carboxylic acids is 1. The van der Waals surface area contributed by atoms with Gasteiger partial charge in [0.05, 0.1) is 22.6 Å². The summed E-state index contributed by atoms with van der Waals surface area (Å²) in [5.41, 5.74) is 0.717. The molecule has 0 atom stereocenters. The lowest BCUT2D eigenvalue weighted by Crippen LogP contribution is -2.33. The van der Waals surface area contributed by atoms with Gasteiger partial charge in [0, 0.05) is 0 Å². The first kappa shape index (κ1) is 19.7. The van der Waals surface area contributed by atoms with Crippen LogP contribution >= 0.6 is 39.9 Å². The minimum atomic E-state index is -1.11. The summed E-state index contributed by atoms with van der Waals surface area (Å²) in [7, 11) is 0. The summed E-state index contributed by atoms with van der Waals surface area (Å²) < 4.78 is 12.1. The Labute approximate surface area is 163 Å². The third-order valence-corrected chi connectivity index (χ3v) is 5.05. The van der Waals surface area contributed by atoms with Crippen molar-refractivity contribution >= 4 is 62.2 Å². The van der Waals surface area contributed by atoms with Gasteiger partial charge in [0.1, 0.15) is 10.9 Å². The molecule has 0 saturated carbocycles. The molecule has 1 heterocycles. The number of nitrogens with zero attached hydrogens (tertiary/aromatic N) is 1. The van der Waals surface area contributed by atoms with Crippen LogP contribution in [0.4, 0.5) is 0 Å². The number of thioether (sulfide) groups is 1. The summed E-state index contributed by atoms with van der Waals surface area (Å²) in [6.07, 6.45) is 1.66. The third kappa shape index (κ3) is 4.74. The van der Waals surface area contributed by atoms with Gasteiger partial charge in [0.2, 0.25) is 0 Å². The maximum Gasteiger partial charge on any atom is 0.323 e. The number of carboxylic acids is 1. The fraction of sp³-hybridized carbons (Fsp3) is 0.312. The number of halogens is 1. The highest BCUT2D eigenvalue weighted by Crippen LogP contribution is 2.39. The molecule has 0 bridgehead atoms. The predicted molar refractivity (Wildman–Crippen MR) is 104 cm³/mol. The zero-order valence-corrected chi connectivity index (χ0v) is 16.8. The molecule has 1 aliphatic rings. The van der Waals surface area contributed by atoms with Crippen molar-refractivity contribution < 1.29 is 24.2 Å². The monoisotopic (exact) mass is 445 g/mol. The van der Waals surface area contributed by atoms with Crippen LogP contribution in [0.15, 0.2) is 21.5 Å². The van der Waals surface area contributed by atoms with Crippen molar-refractivity contribution in [2.45, 2.75) is 13.8 Å². The summed E-state index contributed by atoms with van der Waals surface area (Å²) >= 11 is 9.61. The molecule has 0 radical (unpaired) electrons. The van der Waals surface area contributed by atoms with Gasteiger partial charge >= 0.3 is 5.97 Å². The fourth-order valence-electron chi connectivity index (χ4n) is 2.14. The molecule has 0 aromatic heterocycles. The van der Waals surface area contributed by atoms with Crippen LogP contribution in [-0.2, 0) is 9.59 Å². The highest BCUT2D eigenvalue weighted by molar-refractivity contribution is 9.10. The lowest BCUT2D eigenvalue weighted by atomic mass is 10.2. The molecule has 9 heteroatoms. The van der Waals surface area contributed by atoms with E-state index in [-0.39, 0.29) is 4.32 Å².